The summed E-state index contributed by atoms with van der Waals surface area (Å²) in [6, 6.07) is 8.94. The summed E-state index contributed by atoms with van der Waals surface area (Å²) in [6.07, 6.45) is 1.77. The van der Waals surface area contributed by atoms with Gasteiger partial charge in [0.05, 0.1) is 0 Å². The van der Waals surface area contributed by atoms with Crippen LogP contribution in [0.25, 0.3) is 0 Å². The fraction of sp³-hybridized carbons (Fsp3) is 0.312. The standard InChI is InChI=1S/C16H18Cl2N2O/c1-11(2)8-19-9-12-7-15(18)16(20-10-12)21-14-5-3-13(17)4-6-14/h3-7,10-11,19H,8-9H2,1-2H3. The van der Waals surface area contributed by atoms with Crippen LogP contribution in [0.2, 0.25) is 10.0 Å². The molecule has 1 N–H and O–H groups in total. The largest absolute Gasteiger partial charge is 0.438 e. The zero-order valence-corrected chi connectivity index (χ0v) is 13.6. The lowest BCUT2D eigenvalue weighted by Gasteiger charge is -2.10. The smallest absolute Gasteiger partial charge is 0.238 e. The molecule has 1 aromatic heterocycles. The molecule has 0 unspecified atom stereocenters. The van der Waals surface area contributed by atoms with Gasteiger partial charge in [0.1, 0.15) is 10.8 Å². The number of nitrogens with one attached hydrogen (secondary N) is 1. The van der Waals surface area contributed by atoms with Crippen molar-refractivity contribution in [2.24, 2.45) is 5.92 Å². The molecule has 0 spiro atoms. The maximum absolute atomic E-state index is 6.21. The number of benzene rings is 1. The van der Waals surface area contributed by atoms with Gasteiger partial charge in [0.15, 0.2) is 0 Å². The number of hydrogen-bond donors (Lipinski definition) is 1. The second kappa shape index (κ2) is 7.64. The number of hydrogen-bond acceptors (Lipinski definition) is 3. The molecular formula is C16H18Cl2N2O. The average molecular weight is 325 g/mol. The molecule has 0 aliphatic rings. The Labute approximate surface area is 135 Å². The van der Waals surface area contributed by atoms with Crippen molar-refractivity contribution in [2.45, 2.75) is 20.4 Å². The van der Waals surface area contributed by atoms with Gasteiger partial charge in [-0.15, -0.1) is 0 Å². The number of ether oxygens (including phenoxy) is 1. The van der Waals surface area contributed by atoms with Crippen LogP contribution in [-0.2, 0) is 6.54 Å². The first-order valence-corrected chi connectivity index (χ1v) is 7.58. The Hall–Kier alpha value is -1.29. The molecule has 112 valence electrons. The van der Waals surface area contributed by atoms with E-state index in [-0.39, 0.29) is 0 Å². The zero-order chi connectivity index (χ0) is 15.2. The van der Waals surface area contributed by atoms with E-state index in [1.807, 2.05) is 6.07 Å². The van der Waals surface area contributed by atoms with Crippen LogP contribution in [0.4, 0.5) is 0 Å². The van der Waals surface area contributed by atoms with Crippen LogP contribution in [0, 0.1) is 5.92 Å². The number of rotatable bonds is 6. The summed E-state index contributed by atoms with van der Waals surface area (Å²) in [7, 11) is 0. The Morgan fingerprint density at radius 3 is 2.52 bits per heavy atom. The van der Waals surface area contributed by atoms with Gasteiger partial charge < -0.3 is 10.1 Å². The summed E-state index contributed by atoms with van der Waals surface area (Å²) < 4.78 is 5.64. The van der Waals surface area contributed by atoms with Gasteiger partial charge in [-0.2, -0.15) is 0 Å². The Kier molecular flexibility index (Phi) is 5.85. The highest BCUT2D eigenvalue weighted by molar-refractivity contribution is 6.32. The van der Waals surface area contributed by atoms with E-state index in [0.717, 1.165) is 18.7 Å². The van der Waals surface area contributed by atoms with Crippen molar-refractivity contribution in [1.29, 1.82) is 0 Å². The third-order valence-electron chi connectivity index (χ3n) is 2.77. The highest BCUT2D eigenvalue weighted by atomic mass is 35.5. The molecule has 0 bridgehead atoms. The molecule has 2 aromatic rings. The van der Waals surface area contributed by atoms with Gasteiger partial charge >= 0.3 is 0 Å². The lowest BCUT2D eigenvalue weighted by molar-refractivity contribution is 0.462. The normalized spacial score (nSPS) is 10.9. The molecule has 5 heteroatoms. The molecule has 0 atom stereocenters. The lowest BCUT2D eigenvalue weighted by atomic mass is 10.2. The van der Waals surface area contributed by atoms with Crippen LogP contribution in [0.5, 0.6) is 11.6 Å². The first-order chi connectivity index (χ1) is 10.0. The minimum Gasteiger partial charge on any atom is -0.438 e. The van der Waals surface area contributed by atoms with E-state index in [2.05, 4.69) is 24.1 Å². The van der Waals surface area contributed by atoms with E-state index in [4.69, 9.17) is 27.9 Å². The summed E-state index contributed by atoms with van der Waals surface area (Å²) in [5.74, 6) is 1.66. The van der Waals surface area contributed by atoms with Gasteiger partial charge in [-0.05, 0) is 48.4 Å². The first kappa shape index (κ1) is 16.1. The Bertz CT molecular complexity index is 585. The number of nitrogens with zero attached hydrogens (tertiary/aromatic N) is 1. The topological polar surface area (TPSA) is 34.2 Å². The van der Waals surface area contributed by atoms with E-state index in [9.17, 15) is 0 Å². The second-order valence-electron chi connectivity index (χ2n) is 5.21. The molecule has 1 aromatic carbocycles. The summed E-state index contributed by atoms with van der Waals surface area (Å²) in [6.45, 7) is 6.04. The van der Waals surface area contributed by atoms with Crippen LogP contribution >= 0.6 is 23.2 Å². The van der Waals surface area contributed by atoms with Gasteiger partial charge in [-0.25, -0.2) is 4.98 Å². The van der Waals surface area contributed by atoms with Gasteiger partial charge in [-0.1, -0.05) is 37.0 Å². The third-order valence-corrected chi connectivity index (χ3v) is 3.30. The Morgan fingerprint density at radius 2 is 1.90 bits per heavy atom. The average Bonchev–Trinajstić information content (AvgIpc) is 2.44. The number of pyridine rings is 1. The van der Waals surface area contributed by atoms with E-state index in [1.54, 1.807) is 30.5 Å². The Balaban J connectivity index is 2.00. The van der Waals surface area contributed by atoms with Gasteiger partial charge in [0, 0.05) is 17.8 Å². The maximum atomic E-state index is 6.21. The van der Waals surface area contributed by atoms with Gasteiger partial charge in [0.2, 0.25) is 5.88 Å². The van der Waals surface area contributed by atoms with Crippen molar-refractivity contribution < 1.29 is 4.74 Å². The molecule has 3 nitrogen and oxygen atoms in total. The van der Waals surface area contributed by atoms with Crippen molar-refractivity contribution in [3.05, 3.63) is 52.1 Å². The summed E-state index contributed by atoms with van der Waals surface area (Å²) in [5, 5.41) is 4.50. The molecule has 0 aliphatic heterocycles. The van der Waals surface area contributed by atoms with Crippen molar-refractivity contribution in [1.82, 2.24) is 10.3 Å². The fourth-order valence-corrected chi connectivity index (χ4v) is 2.11. The predicted molar refractivity (Wildman–Crippen MR) is 87.3 cm³/mol. The van der Waals surface area contributed by atoms with Crippen LogP contribution < -0.4 is 10.1 Å². The molecule has 0 saturated heterocycles. The van der Waals surface area contributed by atoms with Crippen LogP contribution in [-0.4, -0.2) is 11.5 Å². The highest BCUT2D eigenvalue weighted by Gasteiger charge is 2.06. The van der Waals surface area contributed by atoms with E-state index in [0.29, 0.717) is 27.6 Å². The van der Waals surface area contributed by atoms with Crippen molar-refractivity contribution in [3.8, 4) is 11.6 Å². The van der Waals surface area contributed by atoms with Gasteiger partial charge in [0.25, 0.3) is 0 Å². The van der Waals surface area contributed by atoms with Crippen molar-refractivity contribution in [3.63, 3.8) is 0 Å². The SMILES string of the molecule is CC(C)CNCc1cnc(Oc2ccc(Cl)cc2)c(Cl)c1. The maximum Gasteiger partial charge on any atom is 0.238 e. The van der Waals surface area contributed by atoms with E-state index < -0.39 is 0 Å². The molecular weight excluding hydrogens is 307 g/mol. The molecule has 0 saturated carbocycles. The minimum absolute atomic E-state index is 0.395. The third kappa shape index (κ3) is 5.20. The molecule has 0 radical (unpaired) electrons. The lowest BCUT2D eigenvalue weighted by Crippen LogP contribution is -2.19. The van der Waals surface area contributed by atoms with Crippen LogP contribution in [0.1, 0.15) is 19.4 Å². The monoisotopic (exact) mass is 324 g/mol. The first-order valence-electron chi connectivity index (χ1n) is 6.83. The number of halogens is 2. The minimum atomic E-state index is 0.395. The summed E-state index contributed by atoms with van der Waals surface area (Å²) in [4.78, 5) is 4.27. The Morgan fingerprint density at radius 1 is 1.19 bits per heavy atom. The number of aromatic nitrogens is 1. The van der Waals surface area contributed by atoms with Crippen LogP contribution in [0.3, 0.4) is 0 Å². The zero-order valence-electron chi connectivity index (χ0n) is 12.1. The summed E-state index contributed by atoms with van der Waals surface area (Å²) in [5.41, 5.74) is 1.03. The molecule has 21 heavy (non-hydrogen) atoms. The van der Waals surface area contributed by atoms with E-state index in [1.165, 1.54) is 0 Å². The quantitative estimate of drug-likeness (QED) is 0.818. The van der Waals surface area contributed by atoms with Crippen molar-refractivity contribution >= 4 is 23.2 Å². The van der Waals surface area contributed by atoms with Crippen molar-refractivity contribution in [2.75, 3.05) is 6.54 Å². The molecule has 1 heterocycles. The fourth-order valence-electron chi connectivity index (χ4n) is 1.76. The second-order valence-corrected chi connectivity index (χ2v) is 6.05. The predicted octanol–water partition coefficient (Wildman–Crippen LogP) is 4.93. The highest BCUT2D eigenvalue weighted by Crippen LogP contribution is 2.28. The molecule has 0 aliphatic carbocycles. The summed E-state index contributed by atoms with van der Waals surface area (Å²) >= 11 is 12.0. The van der Waals surface area contributed by atoms with Crippen LogP contribution in [0.15, 0.2) is 36.5 Å². The molecule has 2 rings (SSSR count). The molecule has 0 fully saturated rings. The molecule has 0 amide bonds. The van der Waals surface area contributed by atoms with E-state index >= 15 is 0 Å². The van der Waals surface area contributed by atoms with Gasteiger partial charge in [-0.3, -0.25) is 0 Å².